The third-order valence-electron chi connectivity index (χ3n) is 4.23. The first-order valence-corrected chi connectivity index (χ1v) is 10.3. The van der Waals surface area contributed by atoms with Gasteiger partial charge < -0.3 is 10.6 Å². The minimum absolute atomic E-state index is 0.0687. The molecule has 1 unspecified atom stereocenters. The Balaban J connectivity index is 1.66. The monoisotopic (exact) mass is 374 g/mol. The quantitative estimate of drug-likeness (QED) is 0.825. The van der Waals surface area contributed by atoms with Crippen LogP contribution in [0.3, 0.4) is 0 Å². The summed E-state index contributed by atoms with van der Waals surface area (Å²) in [4.78, 5) is 20.9. The van der Waals surface area contributed by atoms with Crippen LogP contribution in [0.25, 0.3) is 0 Å². The van der Waals surface area contributed by atoms with Crippen LogP contribution < -0.4 is 10.6 Å². The van der Waals surface area contributed by atoms with Crippen molar-refractivity contribution in [2.45, 2.75) is 32.9 Å². The minimum atomic E-state index is -2.99. The van der Waals surface area contributed by atoms with Gasteiger partial charge >= 0.3 is 0 Å². The van der Waals surface area contributed by atoms with Crippen LogP contribution in [0.4, 0.5) is 5.95 Å². The summed E-state index contributed by atoms with van der Waals surface area (Å²) in [6.45, 7) is 4.19. The molecular formula is C18H22N4O3S. The van der Waals surface area contributed by atoms with Crippen molar-refractivity contribution in [2.75, 3.05) is 16.8 Å². The normalized spacial score (nSPS) is 18.5. The fourth-order valence-electron chi connectivity index (χ4n) is 2.82. The molecule has 0 saturated carbocycles. The number of sulfone groups is 1. The van der Waals surface area contributed by atoms with E-state index in [4.69, 9.17) is 0 Å². The van der Waals surface area contributed by atoms with E-state index in [0.717, 1.165) is 11.1 Å². The largest absolute Gasteiger partial charge is 0.350 e. The van der Waals surface area contributed by atoms with Crippen LogP contribution in [0.1, 0.15) is 33.7 Å². The zero-order valence-corrected chi connectivity index (χ0v) is 15.6. The first-order valence-electron chi connectivity index (χ1n) is 8.47. The molecular weight excluding hydrogens is 352 g/mol. The van der Waals surface area contributed by atoms with Gasteiger partial charge in [-0.15, -0.1) is 0 Å². The topological polar surface area (TPSA) is 101 Å². The van der Waals surface area contributed by atoms with E-state index in [1.807, 2.05) is 31.2 Å². The number of aryl methyl sites for hydroxylation is 2. The number of carbonyl (C=O) groups excluding carboxylic acids is 1. The molecule has 26 heavy (non-hydrogen) atoms. The average molecular weight is 374 g/mol. The van der Waals surface area contributed by atoms with Crippen LogP contribution in [0.5, 0.6) is 0 Å². The summed E-state index contributed by atoms with van der Waals surface area (Å²) >= 11 is 0. The molecule has 1 aliphatic rings. The average Bonchev–Trinajstić information content (AvgIpc) is 2.92. The standard InChI is InChI=1S/C18H22N4O3S/c1-12-3-5-14(6-4-12)10-19-17(23)16-9-13(2)20-18(22-16)21-15-7-8-26(24,25)11-15/h3-6,9,15H,7-8,10-11H2,1-2H3,(H,19,23)(H,20,21,22). The molecule has 2 heterocycles. The molecule has 2 N–H and O–H groups in total. The van der Waals surface area contributed by atoms with Crippen molar-refractivity contribution in [3.63, 3.8) is 0 Å². The van der Waals surface area contributed by atoms with Crippen LogP contribution in [-0.2, 0) is 16.4 Å². The Morgan fingerprint density at radius 1 is 1.19 bits per heavy atom. The molecule has 0 radical (unpaired) electrons. The van der Waals surface area contributed by atoms with E-state index in [2.05, 4.69) is 20.6 Å². The molecule has 1 saturated heterocycles. The van der Waals surface area contributed by atoms with Gasteiger partial charge in [-0.1, -0.05) is 29.8 Å². The van der Waals surface area contributed by atoms with Gasteiger partial charge in [0.2, 0.25) is 5.95 Å². The fourth-order valence-corrected chi connectivity index (χ4v) is 4.49. The van der Waals surface area contributed by atoms with Crippen LogP contribution in [-0.4, -0.2) is 41.8 Å². The van der Waals surface area contributed by atoms with Crippen molar-refractivity contribution in [1.82, 2.24) is 15.3 Å². The van der Waals surface area contributed by atoms with Gasteiger partial charge in [-0.25, -0.2) is 18.4 Å². The molecule has 0 aliphatic carbocycles. The second kappa shape index (κ2) is 7.41. The molecule has 1 aromatic heterocycles. The molecule has 1 fully saturated rings. The number of nitrogens with one attached hydrogen (secondary N) is 2. The summed E-state index contributed by atoms with van der Waals surface area (Å²) < 4.78 is 23.1. The number of benzene rings is 1. The molecule has 2 aromatic rings. The molecule has 8 heteroatoms. The highest BCUT2D eigenvalue weighted by Crippen LogP contribution is 2.16. The number of rotatable bonds is 5. The van der Waals surface area contributed by atoms with Gasteiger partial charge in [0.05, 0.1) is 11.5 Å². The highest BCUT2D eigenvalue weighted by Gasteiger charge is 2.28. The Hall–Kier alpha value is -2.48. The highest BCUT2D eigenvalue weighted by molar-refractivity contribution is 7.91. The SMILES string of the molecule is Cc1ccc(CNC(=O)c2cc(C)nc(NC3CCS(=O)(=O)C3)n2)cc1. The molecule has 138 valence electrons. The van der Waals surface area contributed by atoms with Crippen molar-refractivity contribution in [2.24, 2.45) is 0 Å². The van der Waals surface area contributed by atoms with Gasteiger partial charge in [0.1, 0.15) is 5.69 Å². The smallest absolute Gasteiger partial charge is 0.270 e. The minimum Gasteiger partial charge on any atom is -0.350 e. The van der Waals surface area contributed by atoms with E-state index >= 15 is 0 Å². The number of nitrogens with zero attached hydrogens (tertiary/aromatic N) is 2. The first-order chi connectivity index (χ1) is 12.3. The molecule has 1 atom stereocenters. The number of hydrogen-bond acceptors (Lipinski definition) is 6. The van der Waals surface area contributed by atoms with Gasteiger partial charge in [-0.05, 0) is 31.9 Å². The Morgan fingerprint density at radius 2 is 1.92 bits per heavy atom. The maximum Gasteiger partial charge on any atom is 0.270 e. The maximum atomic E-state index is 12.4. The lowest BCUT2D eigenvalue weighted by Crippen LogP contribution is -2.26. The molecule has 0 bridgehead atoms. The Morgan fingerprint density at radius 3 is 2.58 bits per heavy atom. The second-order valence-corrected chi connectivity index (χ2v) is 8.86. The zero-order valence-electron chi connectivity index (χ0n) is 14.8. The van der Waals surface area contributed by atoms with Crippen LogP contribution in [0.15, 0.2) is 30.3 Å². The van der Waals surface area contributed by atoms with E-state index in [1.165, 1.54) is 0 Å². The van der Waals surface area contributed by atoms with E-state index in [9.17, 15) is 13.2 Å². The van der Waals surface area contributed by atoms with Gasteiger partial charge in [-0.2, -0.15) is 0 Å². The fraction of sp³-hybridized carbons (Fsp3) is 0.389. The number of aromatic nitrogens is 2. The van der Waals surface area contributed by atoms with E-state index in [1.54, 1.807) is 13.0 Å². The molecule has 1 aromatic carbocycles. The third-order valence-corrected chi connectivity index (χ3v) is 5.99. The lowest BCUT2D eigenvalue weighted by atomic mass is 10.1. The third kappa shape index (κ3) is 4.78. The van der Waals surface area contributed by atoms with Crippen LogP contribution in [0, 0.1) is 13.8 Å². The van der Waals surface area contributed by atoms with Crippen molar-refractivity contribution in [1.29, 1.82) is 0 Å². The van der Waals surface area contributed by atoms with Crippen LogP contribution >= 0.6 is 0 Å². The lowest BCUT2D eigenvalue weighted by Gasteiger charge is -2.12. The van der Waals surface area contributed by atoms with Gasteiger partial charge in [0.15, 0.2) is 9.84 Å². The van der Waals surface area contributed by atoms with Gasteiger partial charge in [0, 0.05) is 18.3 Å². The molecule has 3 rings (SSSR count). The van der Waals surface area contributed by atoms with E-state index in [0.29, 0.717) is 18.7 Å². The highest BCUT2D eigenvalue weighted by atomic mass is 32.2. The van der Waals surface area contributed by atoms with Crippen molar-refractivity contribution in [3.05, 3.63) is 52.8 Å². The predicted molar refractivity (Wildman–Crippen MR) is 99.8 cm³/mol. The summed E-state index contributed by atoms with van der Waals surface area (Å²) in [5, 5.41) is 5.87. The number of amides is 1. The maximum absolute atomic E-state index is 12.4. The summed E-state index contributed by atoms with van der Waals surface area (Å²) in [6.07, 6.45) is 0.522. The van der Waals surface area contributed by atoms with Gasteiger partial charge in [-0.3, -0.25) is 4.79 Å². The summed E-state index contributed by atoms with van der Waals surface area (Å²) in [6, 6.07) is 9.32. The molecule has 0 spiro atoms. The lowest BCUT2D eigenvalue weighted by molar-refractivity contribution is 0.0945. The van der Waals surface area contributed by atoms with Crippen LogP contribution in [0.2, 0.25) is 0 Å². The zero-order chi connectivity index (χ0) is 18.7. The molecule has 1 aliphatic heterocycles. The molecule has 1 amide bonds. The van der Waals surface area contributed by atoms with E-state index < -0.39 is 9.84 Å². The van der Waals surface area contributed by atoms with Crippen molar-refractivity contribution in [3.8, 4) is 0 Å². The number of hydrogen-bond donors (Lipinski definition) is 2. The number of anilines is 1. The Labute approximate surface area is 153 Å². The summed E-state index contributed by atoms with van der Waals surface area (Å²) in [7, 11) is -2.99. The predicted octanol–water partition coefficient (Wildman–Crippen LogP) is 1.62. The van der Waals surface area contributed by atoms with Crippen molar-refractivity contribution >= 4 is 21.7 Å². The Kier molecular flexibility index (Phi) is 5.22. The first kappa shape index (κ1) is 18.3. The summed E-state index contributed by atoms with van der Waals surface area (Å²) in [5.74, 6) is 0.227. The number of carbonyl (C=O) groups is 1. The van der Waals surface area contributed by atoms with Gasteiger partial charge in [0.25, 0.3) is 5.91 Å². The Bertz CT molecular complexity index is 911. The second-order valence-electron chi connectivity index (χ2n) is 6.63. The summed E-state index contributed by atoms with van der Waals surface area (Å²) in [5.41, 5.74) is 3.07. The van der Waals surface area contributed by atoms with Crippen molar-refractivity contribution < 1.29 is 13.2 Å². The molecule has 7 nitrogen and oxygen atoms in total. The van der Waals surface area contributed by atoms with E-state index in [-0.39, 0.29) is 35.1 Å².